The van der Waals surface area contributed by atoms with Gasteiger partial charge in [0.05, 0.1) is 0 Å². The van der Waals surface area contributed by atoms with E-state index in [9.17, 15) is 18.3 Å². The molecule has 0 unspecified atom stereocenters. The molecule has 1 saturated carbocycles. The van der Waals surface area contributed by atoms with Crippen LogP contribution >= 0.6 is 0 Å². The maximum absolute atomic E-state index is 12.2. The molecule has 0 radical (unpaired) electrons. The molecule has 0 aromatic carbocycles. The summed E-state index contributed by atoms with van der Waals surface area (Å²) in [5.41, 5.74) is 0.0802. The predicted octanol–water partition coefficient (Wildman–Crippen LogP) is 2.42. The van der Waals surface area contributed by atoms with Gasteiger partial charge in [-0.3, -0.25) is 0 Å². The van der Waals surface area contributed by atoms with Gasteiger partial charge in [-0.15, -0.1) is 0 Å². The minimum absolute atomic E-state index is 0.0802. The molecule has 2 rings (SSSR count). The molecule has 0 amide bonds. The summed E-state index contributed by atoms with van der Waals surface area (Å²) in [5, 5.41) is 9.22. The van der Waals surface area contributed by atoms with Gasteiger partial charge in [0.1, 0.15) is 0 Å². The summed E-state index contributed by atoms with van der Waals surface area (Å²) >= 11 is 0. The molecule has 2 nitrogen and oxygen atoms in total. The third-order valence-electron chi connectivity index (χ3n) is 4.08. The molecular weight excluding hydrogens is 231 g/mol. The lowest BCUT2D eigenvalue weighted by Gasteiger charge is -2.34. The fraction of sp³-hybridized carbons (Fsp3) is 1.00. The molecule has 5 heteroatoms. The van der Waals surface area contributed by atoms with Crippen molar-refractivity contribution in [3.63, 3.8) is 0 Å². The Morgan fingerprint density at radius 2 is 1.76 bits per heavy atom. The molecule has 0 aromatic rings. The fourth-order valence-electron chi connectivity index (χ4n) is 2.69. The zero-order valence-electron chi connectivity index (χ0n) is 9.97. The SMILES string of the molecule is OCC1(CN2CCC(CC(F)(F)F)CC2)CC1. The molecule has 2 fully saturated rings. The number of halogens is 3. The van der Waals surface area contributed by atoms with Crippen LogP contribution < -0.4 is 0 Å². The van der Waals surface area contributed by atoms with Crippen LogP contribution in [0.5, 0.6) is 0 Å². The molecule has 0 aromatic heterocycles. The monoisotopic (exact) mass is 251 g/mol. The van der Waals surface area contributed by atoms with Gasteiger partial charge >= 0.3 is 6.18 Å². The molecule has 0 atom stereocenters. The van der Waals surface area contributed by atoms with Crippen molar-refractivity contribution >= 4 is 0 Å². The molecule has 0 bridgehead atoms. The van der Waals surface area contributed by atoms with Crippen LogP contribution in [0.25, 0.3) is 0 Å². The van der Waals surface area contributed by atoms with Gasteiger partial charge in [-0.1, -0.05) is 0 Å². The fourth-order valence-corrected chi connectivity index (χ4v) is 2.69. The lowest BCUT2D eigenvalue weighted by atomic mass is 9.92. The summed E-state index contributed by atoms with van der Waals surface area (Å²) in [4.78, 5) is 2.22. The number of aliphatic hydroxyl groups is 1. The summed E-state index contributed by atoms with van der Waals surface area (Å²) in [5.74, 6) is -0.199. The first kappa shape index (κ1) is 13.1. The van der Waals surface area contributed by atoms with Gasteiger partial charge in [0.2, 0.25) is 0 Å². The number of nitrogens with zero attached hydrogens (tertiary/aromatic N) is 1. The molecule has 1 aliphatic heterocycles. The second-order valence-electron chi connectivity index (χ2n) is 5.70. The van der Waals surface area contributed by atoms with E-state index < -0.39 is 12.6 Å². The van der Waals surface area contributed by atoms with Crippen LogP contribution in [-0.2, 0) is 0 Å². The Bertz CT molecular complexity index is 255. The number of piperidine rings is 1. The van der Waals surface area contributed by atoms with E-state index in [4.69, 9.17) is 0 Å². The highest BCUT2D eigenvalue weighted by Gasteiger charge is 2.44. The van der Waals surface area contributed by atoms with Gasteiger partial charge in [-0.25, -0.2) is 0 Å². The van der Waals surface area contributed by atoms with Gasteiger partial charge in [-0.05, 0) is 44.7 Å². The Hall–Kier alpha value is -0.290. The van der Waals surface area contributed by atoms with E-state index in [1.807, 2.05) is 0 Å². The molecule has 2 aliphatic rings. The van der Waals surface area contributed by atoms with Crippen molar-refractivity contribution in [2.45, 2.75) is 38.3 Å². The molecule has 100 valence electrons. The number of alkyl halides is 3. The Kier molecular flexibility index (Phi) is 3.69. The van der Waals surface area contributed by atoms with E-state index in [1.54, 1.807) is 0 Å². The minimum Gasteiger partial charge on any atom is -0.396 e. The smallest absolute Gasteiger partial charge is 0.389 e. The Morgan fingerprint density at radius 3 is 2.18 bits per heavy atom. The van der Waals surface area contributed by atoms with Crippen molar-refractivity contribution < 1.29 is 18.3 Å². The summed E-state index contributed by atoms with van der Waals surface area (Å²) in [6.07, 6.45) is -1.25. The first-order chi connectivity index (χ1) is 7.92. The largest absolute Gasteiger partial charge is 0.396 e. The number of aliphatic hydroxyl groups excluding tert-OH is 1. The van der Waals surface area contributed by atoms with Crippen molar-refractivity contribution in [3.05, 3.63) is 0 Å². The molecule has 17 heavy (non-hydrogen) atoms. The minimum atomic E-state index is -4.02. The van der Waals surface area contributed by atoms with Crippen LogP contribution in [0.3, 0.4) is 0 Å². The van der Waals surface area contributed by atoms with Gasteiger partial charge in [0.25, 0.3) is 0 Å². The lowest BCUT2D eigenvalue weighted by molar-refractivity contribution is -0.147. The number of likely N-dealkylation sites (tertiary alicyclic amines) is 1. The molecule has 1 saturated heterocycles. The van der Waals surface area contributed by atoms with Crippen molar-refractivity contribution in [2.24, 2.45) is 11.3 Å². The Labute approximate surface area is 99.8 Å². The topological polar surface area (TPSA) is 23.5 Å². The second-order valence-corrected chi connectivity index (χ2v) is 5.70. The summed E-state index contributed by atoms with van der Waals surface area (Å²) in [6.45, 7) is 2.59. The van der Waals surface area contributed by atoms with E-state index in [0.29, 0.717) is 12.8 Å². The highest BCUT2D eigenvalue weighted by Crippen LogP contribution is 2.46. The maximum Gasteiger partial charge on any atom is 0.389 e. The van der Waals surface area contributed by atoms with Crippen LogP contribution in [0, 0.1) is 11.3 Å². The molecule has 1 N–H and O–H groups in total. The normalized spacial score (nSPS) is 26.1. The average molecular weight is 251 g/mol. The first-order valence-corrected chi connectivity index (χ1v) is 6.32. The maximum atomic E-state index is 12.2. The zero-order valence-corrected chi connectivity index (χ0v) is 9.97. The van der Waals surface area contributed by atoms with Crippen LogP contribution in [-0.4, -0.2) is 42.4 Å². The first-order valence-electron chi connectivity index (χ1n) is 6.32. The van der Waals surface area contributed by atoms with E-state index in [2.05, 4.69) is 4.90 Å². The van der Waals surface area contributed by atoms with Crippen LogP contribution in [0.4, 0.5) is 13.2 Å². The Morgan fingerprint density at radius 1 is 1.18 bits per heavy atom. The van der Waals surface area contributed by atoms with Gasteiger partial charge in [0.15, 0.2) is 0 Å². The molecule has 1 heterocycles. The lowest BCUT2D eigenvalue weighted by Crippen LogP contribution is -2.39. The highest BCUT2D eigenvalue weighted by molar-refractivity contribution is 4.95. The molecule has 1 aliphatic carbocycles. The van der Waals surface area contributed by atoms with E-state index >= 15 is 0 Å². The van der Waals surface area contributed by atoms with Crippen LogP contribution in [0.15, 0.2) is 0 Å². The number of rotatable bonds is 4. The van der Waals surface area contributed by atoms with Crippen LogP contribution in [0.2, 0.25) is 0 Å². The van der Waals surface area contributed by atoms with E-state index in [-0.39, 0.29) is 17.9 Å². The standard InChI is InChI=1S/C12H20F3NO/c13-12(14,15)7-10-1-5-16(6-2-10)8-11(9-17)3-4-11/h10,17H,1-9H2. The molecular formula is C12H20F3NO. The van der Waals surface area contributed by atoms with Crippen molar-refractivity contribution in [2.75, 3.05) is 26.2 Å². The third-order valence-corrected chi connectivity index (χ3v) is 4.08. The number of hydrogen-bond acceptors (Lipinski definition) is 2. The van der Waals surface area contributed by atoms with E-state index in [1.165, 1.54) is 0 Å². The van der Waals surface area contributed by atoms with Crippen molar-refractivity contribution in [3.8, 4) is 0 Å². The predicted molar refractivity (Wildman–Crippen MR) is 58.6 cm³/mol. The van der Waals surface area contributed by atoms with Crippen molar-refractivity contribution in [1.82, 2.24) is 4.90 Å². The van der Waals surface area contributed by atoms with Gasteiger partial charge in [0, 0.05) is 25.0 Å². The van der Waals surface area contributed by atoms with Gasteiger partial charge < -0.3 is 10.0 Å². The zero-order chi connectivity index (χ0) is 12.5. The van der Waals surface area contributed by atoms with Crippen molar-refractivity contribution in [1.29, 1.82) is 0 Å². The summed E-state index contributed by atoms with van der Waals surface area (Å²) in [6, 6.07) is 0. The highest BCUT2D eigenvalue weighted by atomic mass is 19.4. The van der Waals surface area contributed by atoms with Crippen LogP contribution in [0.1, 0.15) is 32.1 Å². The average Bonchev–Trinajstić information content (AvgIpc) is 3.00. The summed E-state index contributed by atoms with van der Waals surface area (Å²) < 4.78 is 36.7. The van der Waals surface area contributed by atoms with E-state index in [0.717, 1.165) is 32.5 Å². The summed E-state index contributed by atoms with van der Waals surface area (Å²) in [7, 11) is 0. The molecule has 0 spiro atoms. The second kappa shape index (κ2) is 4.76. The quantitative estimate of drug-likeness (QED) is 0.829. The van der Waals surface area contributed by atoms with Gasteiger partial charge in [-0.2, -0.15) is 13.2 Å². The third kappa shape index (κ3) is 3.85. The number of hydrogen-bond donors (Lipinski definition) is 1. The Balaban J connectivity index is 1.71.